The maximum absolute atomic E-state index is 13.3. The van der Waals surface area contributed by atoms with Crippen molar-refractivity contribution in [3.8, 4) is 0 Å². The van der Waals surface area contributed by atoms with Crippen LogP contribution in [-0.2, 0) is 19.4 Å². The highest BCUT2D eigenvalue weighted by atomic mass is 16.4. The van der Waals surface area contributed by atoms with Gasteiger partial charge in [-0.05, 0) is 49.4 Å². The highest BCUT2D eigenvalue weighted by molar-refractivity contribution is 6.06. The number of aryl methyl sites for hydroxylation is 1. The Morgan fingerprint density at radius 1 is 1.00 bits per heavy atom. The lowest BCUT2D eigenvalue weighted by Crippen LogP contribution is -2.36. The van der Waals surface area contributed by atoms with Crippen molar-refractivity contribution >= 4 is 17.3 Å². The van der Waals surface area contributed by atoms with Gasteiger partial charge in [-0.3, -0.25) is 10.2 Å². The van der Waals surface area contributed by atoms with Crippen LogP contribution in [0.5, 0.6) is 0 Å². The van der Waals surface area contributed by atoms with E-state index in [0.29, 0.717) is 12.3 Å². The molecule has 2 aromatic carbocycles. The Morgan fingerprint density at radius 3 is 2.60 bits per heavy atom. The molecule has 2 heterocycles. The summed E-state index contributed by atoms with van der Waals surface area (Å²) in [6.07, 6.45) is 3.57. The summed E-state index contributed by atoms with van der Waals surface area (Å²) >= 11 is 0. The molecule has 0 unspecified atom stereocenters. The minimum Gasteiger partial charge on any atom is -0.455 e. The fourth-order valence-electron chi connectivity index (χ4n) is 4.44. The molecule has 30 heavy (non-hydrogen) atoms. The molecule has 5 rings (SSSR count). The second kappa shape index (κ2) is 7.82. The van der Waals surface area contributed by atoms with E-state index in [2.05, 4.69) is 28.7 Å². The Hall–Kier alpha value is -3.34. The van der Waals surface area contributed by atoms with E-state index < -0.39 is 0 Å². The zero-order valence-electron chi connectivity index (χ0n) is 17.1. The first kappa shape index (κ1) is 18.7. The monoisotopic (exact) mass is 399 g/mol. The molecule has 5 nitrogen and oxygen atoms in total. The van der Waals surface area contributed by atoms with Gasteiger partial charge in [-0.25, -0.2) is 0 Å². The molecule has 0 fully saturated rings. The Labute approximate surface area is 176 Å². The molecule has 1 aromatic heterocycles. The second-order valence-corrected chi connectivity index (χ2v) is 7.99. The lowest BCUT2D eigenvalue weighted by Gasteiger charge is -2.28. The molecule has 3 aromatic rings. The van der Waals surface area contributed by atoms with Crippen LogP contribution in [0, 0.1) is 6.92 Å². The minimum atomic E-state index is -0.0215. The molecule has 1 amide bonds. The van der Waals surface area contributed by atoms with Gasteiger partial charge in [0.15, 0.2) is 5.76 Å². The van der Waals surface area contributed by atoms with Crippen molar-refractivity contribution in [2.45, 2.75) is 39.2 Å². The van der Waals surface area contributed by atoms with Crippen molar-refractivity contribution in [1.82, 2.24) is 4.90 Å². The van der Waals surface area contributed by atoms with Crippen molar-refractivity contribution in [2.24, 2.45) is 5.10 Å². The third kappa shape index (κ3) is 3.41. The molecule has 0 atom stereocenters. The third-order valence-corrected chi connectivity index (χ3v) is 6.03. The average Bonchev–Trinajstić information content (AvgIpc) is 3.14. The smallest absolute Gasteiger partial charge is 0.290 e. The van der Waals surface area contributed by atoms with E-state index in [4.69, 9.17) is 4.42 Å². The molecule has 0 saturated heterocycles. The first-order valence-electron chi connectivity index (χ1n) is 10.6. The standard InChI is InChI=1S/C25H25N3O2/c1-17-23-21(27-26-20-10-3-2-4-11-20)12-7-13-22(23)30-24(17)25(29)28-15-14-18-8-5-6-9-19(18)16-28/h2-6,8-11,26H,7,12-16H2,1H3/b27-21+. The number of hydrogen-bond donors (Lipinski definition) is 1. The van der Waals surface area contributed by atoms with Crippen LogP contribution in [0.25, 0.3) is 0 Å². The lowest BCUT2D eigenvalue weighted by atomic mass is 9.93. The zero-order valence-corrected chi connectivity index (χ0v) is 17.1. The lowest BCUT2D eigenvalue weighted by molar-refractivity contribution is 0.0699. The molecule has 152 valence electrons. The normalized spacial score (nSPS) is 16.8. The first-order valence-corrected chi connectivity index (χ1v) is 10.6. The van der Waals surface area contributed by atoms with E-state index in [-0.39, 0.29) is 5.91 Å². The Balaban J connectivity index is 1.42. The number of fused-ring (bicyclic) bond motifs is 2. The predicted octanol–water partition coefficient (Wildman–Crippen LogP) is 4.94. The van der Waals surface area contributed by atoms with E-state index >= 15 is 0 Å². The Morgan fingerprint density at radius 2 is 1.77 bits per heavy atom. The maximum atomic E-state index is 13.3. The maximum Gasteiger partial charge on any atom is 0.290 e. The molecule has 1 N–H and O–H groups in total. The van der Waals surface area contributed by atoms with Crippen LogP contribution in [-0.4, -0.2) is 23.1 Å². The van der Waals surface area contributed by atoms with E-state index in [0.717, 1.165) is 60.5 Å². The summed E-state index contributed by atoms with van der Waals surface area (Å²) in [5.41, 5.74) is 9.52. The number of furan rings is 1. The number of hydrogen-bond acceptors (Lipinski definition) is 4. The van der Waals surface area contributed by atoms with Gasteiger partial charge in [-0.2, -0.15) is 5.10 Å². The van der Waals surface area contributed by atoms with Crippen LogP contribution in [0.4, 0.5) is 5.69 Å². The SMILES string of the molecule is Cc1c(C(=O)N2CCc3ccccc3C2)oc2c1/C(=N/Nc1ccccc1)CCC2. The van der Waals surface area contributed by atoms with Gasteiger partial charge in [0.25, 0.3) is 5.91 Å². The van der Waals surface area contributed by atoms with E-state index in [9.17, 15) is 4.79 Å². The van der Waals surface area contributed by atoms with Gasteiger partial charge < -0.3 is 9.32 Å². The van der Waals surface area contributed by atoms with Gasteiger partial charge in [-0.1, -0.05) is 42.5 Å². The van der Waals surface area contributed by atoms with E-state index in [1.54, 1.807) is 0 Å². The topological polar surface area (TPSA) is 57.8 Å². The number of anilines is 1. The van der Waals surface area contributed by atoms with Crippen LogP contribution < -0.4 is 5.43 Å². The van der Waals surface area contributed by atoms with Gasteiger partial charge >= 0.3 is 0 Å². The number of carbonyl (C=O) groups excluding carboxylic acids is 1. The molecule has 0 bridgehead atoms. The summed E-state index contributed by atoms with van der Waals surface area (Å²) in [5, 5.41) is 4.65. The van der Waals surface area contributed by atoms with Crippen molar-refractivity contribution < 1.29 is 9.21 Å². The van der Waals surface area contributed by atoms with Gasteiger partial charge in [0, 0.05) is 30.6 Å². The minimum absolute atomic E-state index is 0.0215. The number of benzene rings is 2. The molecule has 2 aliphatic rings. The molecule has 5 heteroatoms. The van der Waals surface area contributed by atoms with Crippen LogP contribution in [0.3, 0.4) is 0 Å². The number of hydrazone groups is 1. The van der Waals surface area contributed by atoms with Crippen LogP contribution in [0.2, 0.25) is 0 Å². The highest BCUT2D eigenvalue weighted by Gasteiger charge is 2.31. The number of rotatable bonds is 3. The number of nitrogens with zero attached hydrogens (tertiary/aromatic N) is 2. The molecule has 0 spiro atoms. The van der Waals surface area contributed by atoms with Crippen molar-refractivity contribution in [3.63, 3.8) is 0 Å². The zero-order chi connectivity index (χ0) is 20.5. The third-order valence-electron chi connectivity index (χ3n) is 6.03. The number of amides is 1. The van der Waals surface area contributed by atoms with Crippen LogP contribution in [0.15, 0.2) is 64.1 Å². The molecule has 0 saturated carbocycles. The second-order valence-electron chi connectivity index (χ2n) is 7.99. The average molecular weight is 399 g/mol. The summed E-state index contributed by atoms with van der Waals surface area (Å²) in [6.45, 7) is 3.34. The predicted molar refractivity (Wildman–Crippen MR) is 118 cm³/mol. The number of nitrogens with one attached hydrogen (secondary N) is 1. The van der Waals surface area contributed by atoms with Gasteiger partial charge in [0.05, 0.1) is 11.4 Å². The van der Waals surface area contributed by atoms with Crippen molar-refractivity contribution in [3.05, 3.63) is 88.4 Å². The quantitative estimate of drug-likeness (QED) is 0.635. The number of carbonyl (C=O) groups is 1. The number of para-hydroxylation sites is 1. The molecular weight excluding hydrogens is 374 g/mol. The largest absolute Gasteiger partial charge is 0.455 e. The summed E-state index contributed by atoms with van der Waals surface area (Å²) in [6, 6.07) is 18.3. The van der Waals surface area contributed by atoms with Crippen molar-refractivity contribution in [1.29, 1.82) is 0 Å². The summed E-state index contributed by atoms with van der Waals surface area (Å²) in [4.78, 5) is 15.2. The van der Waals surface area contributed by atoms with Crippen LogP contribution >= 0.6 is 0 Å². The van der Waals surface area contributed by atoms with E-state index in [1.807, 2.05) is 48.2 Å². The summed E-state index contributed by atoms with van der Waals surface area (Å²) < 4.78 is 6.12. The van der Waals surface area contributed by atoms with Gasteiger partial charge in [-0.15, -0.1) is 0 Å². The Bertz CT molecular complexity index is 1110. The highest BCUT2D eigenvalue weighted by Crippen LogP contribution is 2.31. The molecule has 1 aliphatic carbocycles. The van der Waals surface area contributed by atoms with E-state index in [1.165, 1.54) is 11.1 Å². The van der Waals surface area contributed by atoms with Gasteiger partial charge in [0.2, 0.25) is 0 Å². The fourth-order valence-corrected chi connectivity index (χ4v) is 4.44. The molecular formula is C25H25N3O2. The summed E-state index contributed by atoms with van der Waals surface area (Å²) in [5.74, 6) is 1.33. The molecule has 1 aliphatic heterocycles. The first-order chi connectivity index (χ1) is 14.7. The molecule has 0 radical (unpaired) electrons. The fraction of sp³-hybridized carbons (Fsp3) is 0.280. The van der Waals surface area contributed by atoms with Gasteiger partial charge in [0.1, 0.15) is 5.76 Å². The van der Waals surface area contributed by atoms with Crippen molar-refractivity contribution in [2.75, 3.05) is 12.0 Å². The van der Waals surface area contributed by atoms with Crippen LogP contribution in [0.1, 0.15) is 51.4 Å². The Kier molecular flexibility index (Phi) is 4.87. The summed E-state index contributed by atoms with van der Waals surface area (Å²) in [7, 11) is 0.